The lowest BCUT2D eigenvalue weighted by Crippen LogP contribution is -2.35. The van der Waals surface area contributed by atoms with Crippen LogP contribution in [0.3, 0.4) is 0 Å². The van der Waals surface area contributed by atoms with Crippen molar-refractivity contribution in [1.29, 1.82) is 0 Å². The van der Waals surface area contributed by atoms with Crippen LogP contribution in [0, 0.1) is 0 Å². The van der Waals surface area contributed by atoms with E-state index in [9.17, 15) is 0 Å². The van der Waals surface area contributed by atoms with Gasteiger partial charge in [0, 0.05) is 41.4 Å². The smallest absolute Gasteiger partial charge is 0.165 e. The molecule has 4 aromatic rings. The van der Waals surface area contributed by atoms with Gasteiger partial charge in [-0.15, -0.1) is 0 Å². The molecule has 0 fully saturated rings. The second-order valence-corrected chi connectivity index (χ2v) is 10.6. The molecule has 3 N–H and O–H groups in total. The summed E-state index contributed by atoms with van der Waals surface area (Å²) in [6.07, 6.45) is 6.31. The highest BCUT2D eigenvalue weighted by Crippen LogP contribution is 2.34. The van der Waals surface area contributed by atoms with Gasteiger partial charge in [0.2, 0.25) is 0 Å². The number of rotatable bonds is 5. The third-order valence-electron chi connectivity index (χ3n) is 5.83. The zero-order valence-corrected chi connectivity index (χ0v) is 22.1. The Hall–Kier alpha value is -3.56. The molecule has 0 aliphatic carbocycles. The van der Waals surface area contributed by atoms with Crippen LogP contribution in [0.4, 0.5) is 11.6 Å². The Morgan fingerprint density at radius 3 is 2.61 bits per heavy atom. The molecule has 8 nitrogen and oxygen atoms in total. The van der Waals surface area contributed by atoms with Crippen molar-refractivity contribution >= 4 is 38.6 Å². The quantitative estimate of drug-likeness (QED) is 0.316. The van der Waals surface area contributed by atoms with Crippen LogP contribution in [-0.2, 0) is 4.84 Å². The van der Waals surface area contributed by atoms with Crippen LogP contribution in [0.2, 0.25) is 0 Å². The summed E-state index contributed by atoms with van der Waals surface area (Å²) >= 11 is 3.56. The first-order valence-corrected chi connectivity index (χ1v) is 12.6. The maximum atomic E-state index is 6.24. The summed E-state index contributed by atoms with van der Waals surface area (Å²) in [5.74, 6) is 1.33. The minimum Gasteiger partial charge on any atom is -0.383 e. The van der Waals surface area contributed by atoms with Crippen molar-refractivity contribution in [3.05, 3.63) is 71.2 Å². The van der Waals surface area contributed by atoms with Gasteiger partial charge in [0.05, 0.1) is 16.7 Å². The molecular formula is C27H28BrN7O. The number of nitrogen functional groups attached to an aromatic ring is 1. The van der Waals surface area contributed by atoms with Crippen molar-refractivity contribution in [1.82, 2.24) is 25.4 Å². The van der Waals surface area contributed by atoms with Crippen molar-refractivity contribution in [3.63, 3.8) is 0 Å². The summed E-state index contributed by atoms with van der Waals surface area (Å²) in [5, 5.41) is 0.740. The van der Waals surface area contributed by atoms with Crippen LogP contribution in [0.15, 0.2) is 71.2 Å². The fourth-order valence-electron chi connectivity index (χ4n) is 4.03. The zero-order chi connectivity index (χ0) is 25.3. The first-order valence-electron chi connectivity index (χ1n) is 11.8. The normalized spacial score (nSPS) is 14.1. The van der Waals surface area contributed by atoms with E-state index < -0.39 is 0 Å². The largest absolute Gasteiger partial charge is 0.383 e. The fraction of sp³-hybridized carbons (Fsp3) is 0.259. The molecule has 0 unspecified atom stereocenters. The van der Waals surface area contributed by atoms with Crippen molar-refractivity contribution in [2.45, 2.75) is 32.8 Å². The molecule has 0 amide bonds. The van der Waals surface area contributed by atoms with Crippen LogP contribution in [0.5, 0.6) is 0 Å². The van der Waals surface area contributed by atoms with E-state index in [2.05, 4.69) is 42.4 Å². The van der Waals surface area contributed by atoms with E-state index in [1.807, 2.05) is 69.4 Å². The Labute approximate surface area is 218 Å². The molecule has 184 valence electrons. The molecule has 3 aromatic heterocycles. The highest BCUT2D eigenvalue weighted by Gasteiger charge is 2.18. The van der Waals surface area contributed by atoms with Gasteiger partial charge in [0.1, 0.15) is 18.0 Å². The fourth-order valence-corrected chi connectivity index (χ4v) is 4.43. The number of benzene rings is 1. The van der Waals surface area contributed by atoms with E-state index in [0.717, 1.165) is 63.3 Å². The Morgan fingerprint density at radius 1 is 1.06 bits per heavy atom. The van der Waals surface area contributed by atoms with Gasteiger partial charge in [0.25, 0.3) is 0 Å². The zero-order valence-electron chi connectivity index (χ0n) is 20.5. The van der Waals surface area contributed by atoms with Gasteiger partial charge >= 0.3 is 0 Å². The highest BCUT2D eigenvalue weighted by molar-refractivity contribution is 9.10. The van der Waals surface area contributed by atoms with Crippen LogP contribution in [0.1, 0.15) is 27.2 Å². The van der Waals surface area contributed by atoms with Gasteiger partial charge in [-0.1, -0.05) is 28.1 Å². The predicted molar refractivity (Wildman–Crippen MR) is 147 cm³/mol. The number of halogens is 1. The monoisotopic (exact) mass is 545 g/mol. The molecule has 0 spiro atoms. The Bertz CT molecular complexity index is 1430. The average molecular weight is 546 g/mol. The standard InChI is InChI=1S/C27H28BrN7O/c1-27(2,3)36-34-20-9-11-35(12-10-20)23-8-7-18(15-30-23)22-14-21(17-5-4-6-19(28)13-17)24-25(29)31-16-32-26(24)33-22/h4-9,13-16,34H,10-12H2,1-3H3,(H2,29,31,32,33). The predicted octanol–water partition coefficient (Wildman–Crippen LogP) is 5.51. The average Bonchev–Trinajstić information content (AvgIpc) is 2.87. The van der Waals surface area contributed by atoms with Crippen molar-refractivity contribution in [2.75, 3.05) is 23.7 Å². The van der Waals surface area contributed by atoms with Gasteiger partial charge in [-0.3, -0.25) is 10.3 Å². The number of nitrogens with zero attached hydrogens (tertiary/aromatic N) is 5. The van der Waals surface area contributed by atoms with Gasteiger partial charge in [-0.2, -0.15) is 0 Å². The number of aromatic nitrogens is 4. The van der Waals surface area contributed by atoms with Crippen molar-refractivity contribution in [2.24, 2.45) is 0 Å². The van der Waals surface area contributed by atoms with Gasteiger partial charge in [0.15, 0.2) is 5.65 Å². The summed E-state index contributed by atoms with van der Waals surface area (Å²) in [7, 11) is 0. The van der Waals surface area contributed by atoms with Crippen LogP contribution in [0.25, 0.3) is 33.4 Å². The highest BCUT2D eigenvalue weighted by atomic mass is 79.9. The van der Waals surface area contributed by atoms with E-state index in [4.69, 9.17) is 20.5 Å². The molecule has 9 heteroatoms. The minimum absolute atomic E-state index is 0.235. The summed E-state index contributed by atoms with van der Waals surface area (Å²) in [6.45, 7) is 7.69. The SMILES string of the molecule is CC(C)(C)ONC1=CCN(c2ccc(-c3cc(-c4cccc(Br)c4)c4c(N)ncnc4n3)cn2)CC1. The maximum absolute atomic E-state index is 6.24. The summed E-state index contributed by atoms with van der Waals surface area (Å²) < 4.78 is 0.979. The number of pyridine rings is 2. The lowest BCUT2D eigenvalue weighted by atomic mass is 10.0. The lowest BCUT2D eigenvalue weighted by molar-refractivity contribution is -0.0593. The van der Waals surface area contributed by atoms with Crippen molar-refractivity contribution < 1.29 is 4.84 Å². The molecule has 0 radical (unpaired) electrons. The molecule has 1 aliphatic rings. The van der Waals surface area contributed by atoms with E-state index >= 15 is 0 Å². The van der Waals surface area contributed by atoms with Crippen LogP contribution >= 0.6 is 15.9 Å². The lowest BCUT2D eigenvalue weighted by Gasteiger charge is -2.29. The number of nitrogens with one attached hydrogen (secondary N) is 1. The second-order valence-electron chi connectivity index (χ2n) is 9.67. The van der Waals surface area contributed by atoms with Crippen molar-refractivity contribution in [3.8, 4) is 22.4 Å². The molecule has 0 saturated heterocycles. The molecule has 36 heavy (non-hydrogen) atoms. The Kier molecular flexibility index (Phi) is 6.59. The molecule has 1 aliphatic heterocycles. The molecule has 0 saturated carbocycles. The van der Waals surface area contributed by atoms with Gasteiger partial charge in [-0.05, 0) is 68.3 Å². The number of hydroxylamine groups is 1. The number of hydrogen-bond acceptors (Lipinski definition) is 8. The molecule has 1 aromatic carbocycles. The first kappa shape index (κ1) is 24.1. The summed E-state index contributed by atoms with van der Waals surface area (Å²) in [6, 6.07) is 14.2. The van der Waals surface area contributed by atoms with Crippen LogP contribution < -0.4 is 16.1 Å². The van der Waals surface area contributed by atoms with E-state index in [0.29, 0.717) is 11.5 Å². The maximum Gasteiger partial charge on any atom is 0.165 e. The number of nitrogens with two attached hydrogens (primary N) is 1. The Balaban J connectivity index is 1.42. The van der Waals surface area contributed by atoms with Crippen LogP contribution in [-0.4, -0.2) is 38.6 Å². The third-order valence-corrected chi connectivity index (χ3v) is 6.33. The van der Waals surface area contributed by atoms with E-state index in [1.165, 1.54) is 6.33 Å². The molecule has 0 atom stereocenters. The number of fused-ring (bicyclic) bond motifs is 1. The minimum atomic E-state index is -0.235. The van der Waals surface area contributed by atoms with Gasteiger partial charge < -0.3 is 10.6 Å². The van der Waals surface area contributed by atoms with E-state index in [-0.39, 0.29) is 5.60 Å². The first-order chi connectivity index (χ1) is 17.3. The molecule has 4 heterocycles. The Morgan fingerprint density at radius 2 is 1.92 bits per heavy atom. The molecule has 0 bridgehead atoms. The molecular weight excluding hydrogens is 518 g/mol. The summed E-state index contributed by atoms with van der Waals surface area (Å²) in [4.78, 5) is 26.0. The topological polar surface area (TPSA) is 102 Å². The second kappa shape index (κ2) is 9.83. The summed E-state index contributed by atoms with van der Waals surface area (Å²) in [5.41, 5.74) is 14.4. The molecule has 5 rings (SSSR count). The third kappa shape index (κ3) is 5.32. The number of hydrogen-bond donors (Lipinski definition) is 2. The van der Waals surface area contributed by atoms with Gasteiger partial charge in [-0.25, -0.2) is 19.9 Å². The van der Waals surface area contributed by atoms with E-state index in [1.54, 1.807) is 0 Å². The number of anilines is 2.